The van der Waals surface area contributed by atoms with E-state index >= 15 is 0 Å². The number of piperidine rings is 1. The van der Waals surface area contributed by atoms with Gasteiger partial charge in [0.2, 0.25) is 0 Å². The second-order valence-corrected chi connectivity index (χ2v) is 8.38. The van der Waals surface area contributed by atoms with E-state index in [1.807, 2.05) is 0 Å². The number of thiophene rings is 1. The summed E-state index contributed by atoms with van der Waals surface area (Å²) in [5, 5.41) is 9.04. The highest BCUT2D eigenvalue weighted by molar-refractivity contribution is 7.91. The van der Waals surface area contributed by atoms with Crippen LogP contribution in [0.4, 0.5) is 0 Å². The predicted molar refractivity (Wildman–Crippen MR) is 77.8 cm³/mol. The maximum Gasteiger partial charge on any atom is 0.346 e. The Bertz CT molecular complexity index is 606. The van der Waals surface area contributed by atoms with Crippen LogP contribution in [0.1, 0.15) is 41.4 Å². The first-order valence-corrected chi connectivity index (χ1v) is 8.95. The molecule has 1 aliphatic heterocycles. The van der Waals surface area contributed by atoms with Gasteiger partial charge >= 0.3 is 5.97 Å². The Morgan fingerprint density at radius 2 is 2.25 bits per heavy atom. The van der Waals surface area contributed by atoms with Gasteiger partial charge in [0.25, 0.3) is 10.0 Å². The van der Waals surface area contributed by atoms with Crippen LogP contribution in [0.3, 0.4) is 0 Å². The minimum atomic E-state index is -3.55. The highest BCUT2D eigenvalue weighted by Crippen LogP contribution is 2.31. The Hall–Kier alpha value is -0.920. The number of carboxylic acids is 1. The van der Waals surface area contributed by atoms with Crippen LogP contribution in [0, 0.1) is 12.8 Å². The summed E-state index contributed by atoms with van der Waals surface area (Å²) in [5.41, 5.74) is 0.505. The van der Waals surface area contributed by atoms with Crippen molar-refractivity contribution in [3.8, 4) is 0 Å². The molecule has 1 fully saturated rings. The quantitative estimate of drug-likeness (QED) is 0.926. The third-order valence-electron chi connectivity index (χ3n) is 3.74. The second-order valence-electron chi connectivity index (χ2n) is 5.16. The van der Waals surface area contributed by atoms with Gasteiger partial charge in [-0.1, -0.05) is 13.3 Å². The average Bonchev–Trinajstić information content (AvgIpc) is 2.82. The lowest BCUT2D eigenvalue weighted by molar-refractivity contribution is 0.0701. The fourth-order valence-corrected chi connectivity index (χ4v) is 5.59. The molecule has 2 rings (SSSR count). The smallest absolute Gasteiger partial charge is 0.346 e. The summed E-state index contributed by atoms with van der Waals surface area (Å²) in [6.07, 6.45) is 2.90. The van der Waals surface area contributed by atoms with E-state index in [9.17, 15) is 13.2 Å². The molecule has 7 heteroatoms. The van der Waals surface area contributed by atoms with E-state index in [4.69, 9.17) is 5.11 Å². The SMILES string of the molecule is CCC1CCCN(S(=O)(=O)c2cc(C)c(C(=O)O)s2)C1. The van der Waals surface area contributed by atoms with E-state index in [0.717, 1.165) is 30.6 Å². The van der Waals surface area contributed by atoms with Crippen molar-refractivity contribution in [3.05, 3.63) is 16.5 Å². The van der Waals surface area contributed by atoms with Crippen LogP contribution in [0.2, 0.25) is 0 Å². The fourth-order valence-electron chi connectivity index (χ4n) is 2.50. The van der Waals surface area contributed by atoms with Gasteiger partial charge in [-0.25, -0.2) is 13.2 Å². The summed E-state index contributed by atoms with van der Waals surface area (Å²) in [4.78, 5) is 11.1. The molecule has 0 saturated carbocycles. The molecule has 0 amide bonds. The van der Waals surface area contributed by atoms with Crippen LogP contribution in [0.25, 0.3) is 0 Å². The molecule has 1 unspecified atom stereocenters. The molecule has 0 radical (unpaired) electrons. The van der Waals surface area contributed by atoms with E-state index in [1.54, 1.807) is 6.92 Å². The average molecular weight is 317 g/mol. The molecule has 1 N–H and O–H groups in total. The maximum absolute atomic E-state index is 12.6. The molecular formula is C13H19NO4S2. The number of carboxylic acid groups (broad SMARTS) is 1. The molecule has 1 aromatic rings. The largest absolute Gasteiger partial charge is 0.477 e. The molecule has 20 heavy (non-hydrogen) atoms. The minimum absolute atomic E-state index is 0.104. The molecule has 0 aromatic carbocycles. The standard InChI is InChI=1S/C13H19NO4S2/c1-3-10-5-4-6-14(8-10)20(17,18)11-7-9(2)12(19-11)13(15)16/h7,10H,3-6,8H2,1-2H3,(H,15,16). The number of aromatic carboxylic acids is 1. The first kappa shape index (κ1) is 15.5. The number of sulfonamides is 1. The Morgan fingerprint density at radius 1 is 1.55 bits per heavy atom. The highest BCUT2D eigenvalue weighted by Gasteiger charge is 2.31. The van der Waals surface area contributed by atoms with Crippen molar-refractivity contribution in [1.29, 1.82) is 0 Å². The number of aryl methyl sites for hydroxylation is 1. The zero-order valence-electron chi connectivity index (χ0n) is 11.6. The highest BCUT2D eigenvalue weighted by atomic mass is 32.2. The predicted octanol–water partition coefficient (Wildman–Crippen LogP) is 2.57. The van der Waals surface area contributed by atoms with Crippen molar-refractivity contribution in [2.45, 2.75) is 37.3 Å². The summed E-state index contributed by atoms with van der Waals surface area (Å²) in [7, 11) is -3.55. The Kier molecular flexibility index (Phi) is 4.51. The molecule has 1 aliphatic rings. The van der Waals surface area contributed by atoms with Crippen molar-refractivity contribution < 1.29 is 18.3 Å². The number of carbonyl (C=O) groups is 1. The Labute approximate surface area is 123 Å². The minimum Gasteiger partial charge on any atom is -0.477 e. The first-order valence-electron chi connectivity index (χ1n) is 6.70. The molecule has 2 heterocycles. The molecule has 5 nitrogen and oxygen atoms in total. The molecule has 1 saturated heterocycles. The lowest BCUT2D eigenvalue weighted by Crippen LogP contribution is -2.39. The van der Waals surface area contributed by atoms with Gasteiger partial charge in [-0.2, -0.15) is 4.31 Å². The van der Waals surface area contributed by atoms with Crippen LogP contribution in [-0.4, -0.2) is 36.9 Å². The normalized spacial score (nSPS) is 21.0. The molecular weight excluding hydrogens is 298 g/mol. The van der Waals surface area contributed by atoms with Crippen LogP contribution in [0.5, 0.6) is 0 Å². The molecule has 1 atom stereocenters. The van der Waals surface area contributed by atoms with Gasteiger partial charge in [0.05, 0.1) is 0 Å². The lowest BCUT2D eigenvalue weighted by Gasteiger charge is -2.30. The van der Waals surface area contributed by atoms with Crippen molar-refractivity contribution in [3.63, 3.8) is 0 Å². The zero-order valence-corrected chi connectivity index (χ0v) is 13.3. The molecule has 1 aromatic heterocycles. The van der Waals surface area contributed by atoms with Crippen molar-refractivity contribution in [1.82, 2.24) is 4.31 Å². The number of rotatable bonds is 4. The van der Waals surface area contributed by atoms with Gasteiger partial charge < -0.3 is 5.11 Å². The van der Waals surface area contributed by atoms with Crippen molar-refractivity contribution in [2.75, 3.05) is 13.1 Å². The first-order chi connectivity index (χ1) is 9.36. The van der Waals surface area contributed by atoms with Crippen LogP contribution < -0.4 is 0 Å². The van der Waals surface area contributed by atoms with Gasteiger partial charge in [-0.05, 0) is 37.3 Å². The summed E-state index contributed by atoms with van der Waals surface area (Å²) in [6.45, 7) is 4.76. The molecule has 0 spiro atoms. The number of nitrogens with zero attached hydrogens (tertiary/aromatic N) is 1. The van der Waals surface area contributed by atoms with Crippen LogP contribution in [-0.2, 0) is 10.0 Å². The Balaban J connectivity index is 2.30. The van der Waals surface area contributed by atoms with Gasteiger partial charge in [-0.3, -0.25) is 0 Å². The maximum atomic E-state index is 12.6. The number of hydrogen-bond acceptors (Lipinski definition) is 4. The third kappa shape index (κ3) is 2.89. The monoisotopic (exact) mass is 317 g/mol. The number of hydrogen-bond donors (Lipinski definition) is 1. The van der Waals surface area contributed by atoms with E-state index < -0.39 is 16.0 Å². The van der Waals surface area contributed by atoms with Gasteiger partial charge in [0.15, 0.2) is 0 Å². The lowest BCUT2D eigenvalue weighted by atomic mass is 9.97. The van der Waals surface area contributed by atoms with Crippen molar-refractivity contribution in [2.24, 2.45) is 5.92 Å². The van der Waals surface area contributed by atoms with Gasteiger partial charge in [0, 0.05) is 13.1 Å². The van der Waals surface area contributed by atoms with E-state index in [-0.39, 0.29) is 9.09 Å². The van der Waals surface area contributed by atoms with Crippen LogP contribution in [0.15, 0.2) is 10.3 Å². The summed E-state index contributed by atoms with van der Waals surface area (Å²) < 4.78 is 26.8. The second kappa shape index (κ2) is 5.83. The third-order valence-corrected chi connectivity index (χ3v) is 7.28. The van der Waals surface area contributed by atoms with E-state index in [2.05, 4.69) is 6.92 Å². The van der Waals surface area contributed by atoms with Gasteiger partial charge in [-0.15, -0.1) is 11.3 Å². The van der Waals surface area contributed by atoms with Gasteiger partial charge in [0.1, 0.15) is 9.09 Å². The zero-order chi connectivity index (χ0) is 14.9. The van der Waals surface area contributed by atoms with Crippen molar-refractivity contribution >= 4 is 27.3 Å². The summed E-state index contributed by atoms with van der Waals surface area (Å²) in [6, 6.07) is 1.47. The summed E-state index contributed by atoms with van der Waals surface area (Å²) in [5.74, 6) is -0.669. The Morgan fingerprint density at radius 3 is 2.80 bits per heavy atom. The molecule has 112 valence electrons. The fraction of sp³-hybridized carbons (Fsp3) is 0.615. The van der Waals surface area contributed by atoms with Crippen LogP contribution >= 0.6 is 11.3 Å². The van der Waals surface area contributed by atoms with E-state index in [0.29, 0.717) is 24.6 Å². The van der Waals surface area contributed by atoms with E-state index in [1.165, 1.54) is 10.4 Å². The molecule has 0 aliphatic carbocycles. The molecule has 0 bridgehead atoms. The topological polar surface area (TPSA) is 74.7 Å². The summed E-state index contributed by atoms with van der Waals surface area (Å²) >= 11 is 0.848.